The summed E-state index contributed by atoms with van der Waals surface area (Å²) < 4.78 is 1.04. The predicted molar refractivity (Wildman–Crippen MR) is 107 cm³/mol. The lowest BCUT2D eigenvalue weighted by atomic mass is 10.1. The Bertz CT molecular complexity index is 711. The third kappa shape index (κ3) is 4.75. The molecule has 0 saturated carbocycles. The minimum Gasteiger partial charge on any atom is -0.370 e. The van der Waals surface area contributed by atoms with E-state index in [4.69, 9.17) is 0 Å². The van der Waals surface area contributed by atoms with Crippen LogP contribution in [0.2, 0.25) is 0 Å². The van der Waals surface area contributed by atoms with Crippen LogP contribution in [0.1, 0.15) is 24.8 Å². The highest BCUT2D eigenvalue weighted by Gasteiger charge is 2.17. The molecular formula is C20H24BrN3O. The van der Waals surface area contributed by atoms with Crippen molar-refractivity contribution in [2.24, 2.45) is 0 Å². The molecule has 2 aromatic carbocycles. The molecule has 5 heteroatoms. The maximum absolute atomic E-state index is 12.6. The molecule has 1 heterocycles. The van der Waals surface area contributed by atoms with Gasteiger partial charge in [-0.05, 0) is 49.1 Å². The highest BCUT2D eigenvalue weighted by Crippen LogP contribution is 2.28. The van der Waals surface area contributed by atoms with Crippen molar-refractivity contribution >= 4 is 33.3 Å². The van der Waals surface area contributed by atoms with Gasteiger partial charge >= 0.3 is 6.03 Å². The van der Waals surface area contributed by atoms with Gasteiger partial charge in [0.2, 0.25) is 0 Å². The molecule has 1 saturated heterocycles. The summed E-state index contributed by atoms with van der Waals surface area (Å²) >= 11 is 3.43. The number of rotatable bonds is 4. The van der Waals surface area contributed by atoms with E-state index in [2.05, 4.69) is 32.2 Å². The number of nitrogens with one attached hydrogen (secondary N) is 1. The monoisotopic (exact) mass is 401 g/mol. The number of anilines is 2. The van der Waals surface area contributed by atoms with E-state index in [0.29, 0.717) is 6.54 Å². The smallest absolute Gasteiger partial charge is 0.321 e. The van der Waals surface area contributed by atoms with Crippen molar-refractivity contribution in [3.63, 3.8) is 0 Å². The molecule has 0 radical (unpaired) electrons. The Morgan fingerprint density at radius 1 is 1.08 bits per heavy atom. The second-order valence-corrected chi connectivity index (χ2v) is 7.39. The molecule has 1 N–H and O–H groups in total. The summed E-state index contributed by atoms with van der Waals surface area (Å²) in [6.45, 7) is 2.69. The summed E-state index contributed by atoms with van der Waals surface area (Å²) in [5, 5.41) is 3.08. The molecule has 0 bridgehead atoms. The lowest BCUT2D eigenvalue weighted by molar-refractivity contribution is 0.220. The number of nitrogens with zero attached hydrogens (tertiary/aromatic N) is 2. The zero-order chi connectivity index (χ0) is 17.6. The second-order valence-electron chi connectivity index (χ2n) is 6.48. The van der Waals surface area contributed by atoms with Crippen molar-refractivity contribution in [3.05, 3.63) is 58.6 Å². The third-order valence-electron chi connectivity index (χ3n) is 4.52. The quantitative estimate of drug-likeness (QED) is 0.772. The summed E-state index contributed by atoms with van der Waals surface area (Å²) in [5.74, 6) is 0. The van der Waals surface area contributed by atoms with E-state index in [1.807, 2.05) is 49.5 Å². The number of hydrogen-bond donors (Lipinski definition) is 1. The fraction of sp³-hybridized carbons (Fsp3) is 0.350. The number of carbonyl (C=O) groups excluding carboxylic acids is 1. The minimum absolute atomic E-state index is 0.0904. The molecule has 25 heavy (non-hydrogen) atoms. The first-order valence-electron chi connectivity index (χ1n) is 8.74. The molecule has 0 aliphatic carbocycles. The summed E-state index contributed by atoms with van der Waals surface area (Å²) in [5.41, 5.74) is 3.11. The number of para-hydroxylation sites is 2. The van der Waals surface area contributed by atoms with Crippen LogP contribution < -0.4 is 10.2 Å². The van der Waals surface area contributed by atoms with Gasteiger partial charge in [-0.25, -0.2) is 4.79 Å². The van der Waals surface area contributed by atoms with Gasteiger partial charge in [-0.15, -0.1) is 0 Å². The van der Waals surface area contributed by atoms with E-state index in [1.54, 1.807) is 4.90 Å². The van der Waals surface area contributed by atoms with Crippen LogP contribution in [0.15, 0.2) is 53.0 Å². The molecule has 0 atom stereocenters. The van der Waals surface area contributed by atoms with Gasteiger partial charge < -0.3 is 15.1 Å². The Hall–Kier alpha value is -2.01. The number of hydrogen-bond acceptors (Lipinski definition) is 2. The minimum atomic E-state index is -0.0904. The number of halogens is 1. The van der Waals surface area contributed by atoms with Gasteiger partial charge in [0.05, 0.1) is 11.4 Å². The lowest BCUT2D eigenvalue weighted by Gasteiger charge is -2.31. The average molecular weight is 402 g/mol. The second kappa shape index (κ2) is 8.39. The van der Waals surface area contributed by atoms with Crippen molar-refractivity contribution in [1.29, 1.82) is 0 Å². The Labute approximate surface area is 158 Å². The number of piperidine rings is 1. The maximum atomic E-state index is 12.6. The van der Waals surface area contributed by atoms with E-state index in [1.165, 1.54) is 19.3 Å². The van der Waals surface area contributed by atoms with Crippen molar-refractivity contribution in [2.75, 3.05) is 30.4 Å². The van der Waals surface area contributed by atoms with Crippen LogP contribution in [0, 0.1) is 0 Å². The van der Waals surface area contributed by atoms with Gasteiger partial charge in [0.15, 0.2) is 0 Å². The first-order chi connectivity index (χ1) is 12.1. The molecule has 0 aromatic heterocycles. The molecule has 0 unspecified atom stereocenters. The van der Waals surface area contributed by atoms with Crippen LogP contribution in [0.4, 0.5) is 16.2 Å². The predicted octanol–water partition coefficient (Wildman–Crippen LogP) is 5.10. The summed E-state index contributed by atoms with van der Waals surface area (Å²) in [6, 6.07) is 16.0. The number of carbonyl (C=O) groups is 1. The fourth-order valence-corrected chi connectivity index (χ4v) is 3.40. The molecule has 1 aliphatic heterocycles. The van der Waals surface area contributed by atoms with Crippen LogP contribution in [-0.4, -0.2) is 31.1 Å². The van der Waals surface area contributed by atoms with Crippen LogP contribution in [0.3, 0.4) is 0 Å². The fourth-order valence-electron chi connectivity index (χ4n) is 3.14. The van der Waals surface area contributed by atoms with Gasteiger partial charge in [-0.1, -0.05) is 40.2 Å². The Balaban J connectivity index is 1.66. The van der Waals surface area contributed by atoms with Crippen LogP contribution in [-0.2, 0) is 6.54 Å². The molecule has 2 aromatic rings. The standard InChI is InChI=1S/C20H24BrN3O/c1-23(15-16-9-11-17(21)12-10-16)20(25)22-18-7-3-4-8-19(18)24-13-5-2-6-14-24/h3-4,7-12H,2,5-6,13-15H2,1H3,(H,22,25). The van der Waals surface area contributed by atoms with Gasteiger partial charge in [-0.2, -0.15) is 0 Å². The van der Waals surface area contributed by atoms with Gasteiger partial charge in [0.1, 0.15) is 0 Å². The summed E-state index contributed by atoms with van der Waals surface area (Å²) in [6.07, 6.45) is 3.72. The van der Waals surface area contributed by atoms with E-state index in [9.17, 15) is 4.79 Å². The zero-order valence-corrected chi connectivity index (χ0v) is 16.1. The summed E-state index contributed by atoms with van der Waals surface area (Å²) in [4.78, 5) is 16.7. The molecule has 132 valence electrons. The van der Waals surface area contributed by atoms with Gasteiger partial charge in [-0.3, -0.25) is 0 Å². The molecule has 3 rings (SSSR count). The number of amides is 2. The van der Waals surface area contributed by atoms with Crippen LogP contribution in [0.25, 0.3) is 0 Å². The van der Waals surface area contributed by atoms with E-state index in [0.717, 1.165) is 34.5 Å². The van der Waals surface area contributed by atoms with Crippen molar-refractivity contribution in [3.8, 4) is 0 Å². The number of urea groups is 1. The summed E-state index contributed by atoms with van der Waals surface area (Å²) in [7, 11) is 1.82. The van der Waals surface area contributed by atoms with E-state index in [-0.39, 0.29) is 6.03 Å². The zero-order valence-electron chi connectivity index (χ0n) is 14.5. The van der Waals surface area contributed by atoms with Crippen LogP contribution in [0.5, 0.6) is 0 Å². The molecule has 1 aliphatic rings. The molecule has 1 fully saturated rings. The highest BCUT2D eigenvalue weighted by atomic mass is 79.9. The first-order valence-corrected chi connectivity index (χ1v) is 9.53. The molecule has 4 nitrogen and oxygen atoms in total. The molecule has 0 spiro atoms. The van der Waals surface area contributed by atoms with Gasteiger partial charge in [0, 0.05) is 31.2 Å². The van der Waals surface area contributed by atoms with E-state index >= 15 is 0 Å². The first kappa shape index (κ1) is 17.8. The van der Waals surface area contributed by atoms with Crippen molar-refractivity contribution < 1.29 is 4.79 Å². The third-order valence-corrected chi connectivity index (χ3v) is 5.05. The lowest BCUT2D eigenvalue weighted by Crippen LogP contribution is -2.33. The van der Waals surface area contributed by atoms with Gasteiger partial charge in [0.25, 0.3) is 0 Å². The Kier molecular flexibility index (Phi) is 5.97. The molecule has 2 amide bonds. The maximum Gasteiger partial charge on any atom is 0.321 e. The van der Waals surface area contributed by atoms with Crippen molar-refractivity contribution in [2.45, 2.75) is 25.8 Å². The normalized spacial score (nSPS) is 14.2. The average Bonchev–Trinajstić information content (AvgIpc) is 2.64. The van der Waals surface area contributed by atoms with E-state index < -0.39 is 0 Å². The number of benzene rings is 2. The largest absolute Gasteiger partial charge is 0.370 e. The van der Waals surface area contributed by atoms with Crippen LogP contribution >= 0.6 is 15.9 Å². The Morgan fingerprint density at radius 2 is 1.76 bits per heavy atom. The molecular weight excluding hydrogens is 378 g/mol. The SMILES string of the molecule is CN(Cc1ccc(Br)cc1)C(=O)Nc1ccccc1N1CCCCC1. The Morgan fingerprint density at radius 3 is 2.48 bits per heavy atom. The highest BCUT2D eigenvalue weighted by molar-refractivity contribution is 9.10. The topological polar surface area (TPSA) is 35.6 Å². The van der Waals surface area contributed by atoms with Crippen molar-refractivity contribution in [1.82, 2.24) is 4.90 Å².